The summed E-state index contributed by atoms with van der Waals surface area (Å²) in [6.07, 6.45) is 6.46. The van der Waals surface area contributed by atoms with Crippen LogP contribution in [0.15, 0.2) is 41.4 Å². The van der Waals surface area contributed by atoms with E-state index in [2.05, 4.69) is 46.4 Å². The standard InChI is InChI=1S/C18H27N3O/c1-4-5-6-12-20-18(19-2)21-13-11-16(14-21)15-7-9-17(22-3)10-8-15/h4-5,7-10,16H,6,11-14H2,1-3H3,(H,19,20)/b5-4+. The van der Waals surface area contributed by atoms with Crippen molar-refractivity contribution < 1.29 is 4.74 Å². The van der Waals surface area contributed by atoms with E-state index in [9.17, 15) is 0 Å². The van der Waals surface area contributed by atoms with Crippen LogP contribution in [0.2, 0.25) is 0 Å². The Morgan fingerprint density at radius 2 is 2.18 bits per heavy atom. The Morgan fingerprint density at radius 1 is 1.41 bits per heavy atom. The summed E-state index contributed by atoms with van der Waals surface area (Å²) in [7, 11) is 3.56. The molecule has 0 aliphatic carbocycles. The van der Waals surface area contributed by atoms with Crippen molar-refractivity contribution in [2.75, 3.05) is 33.8 Å². The molecule has 4 nitrogen and oxygen atoms in total. The van der Waals surface area contributed by atoms with Crippen LogP contribution in [0.25, 0.3) is 0 Å². The third kappa shape index (κ3) is 4.26. The van der Waals surface area contributed by atoms with Crippen LogP contribution in [0.4, 0.5) is 0 Å². The van der Waals surface area contributed by atoms with E-state index in [1.54, 1.807) is 7.11 Å². The second kappa shape index (κ2) is 8.47. The zero-order valence-electron chi connectivity index (χ0n) is 13.9. The Bertz CT molecular complexity index is 508. The van der Waals surface area contributed by atoms with Crippen LogP contribution in [0, 0.1) is 0 Å². The third-order valence-electron chi connectivity index (χ3n) is 4.12. The molecule has 1 heterocycles. The average molecular weight is 301 g/mol. The van der Waals surface area contributed by atoms with Crippen molar-refractivity contribution in [2.24, 2.45) is 4.99 Å². The summed E-state index contributed by atoms with van der Waals surface area (Å²) in [5, 5.41) is 3.44. The predicted molar refractivity (Wildman–Crippen MR) is 92.7 cm³/mol. The van der Waals surface area contributed by atoms with E-state index in [4.69, 9.17) is 4.74 Å². The fourth-order valence-corrected chi connectivity index (χ4v) is 2.87. The lowest BCUT2D eigenvalue weighted by Gasteiger charge is -2.21. The lowest BCUT2D eigenvalue weighted by molar-refractivity contribution is 0.414. The molecule has 0 aromatic heterocycles. The van der Waals surface area contributed by atoms with Crippen LogP contribution in [-0.2, 0) is 0 Å². The van der Waals surface area contributed by atoms with Gasteiger partial charge in [-0.1, -0.05) is 24.3 Å². The lowest BCUT2D eigenvalue weighted by Crippen LogP contribution is -2.40. The maximum absolute atomic E-state index is 5.23. The number of hydrogen-bond acceptors (Lipinski definition) is 2. The molecule has 22 heavy (non-hydrogen) atoms. The smallest absolute Gasteiger partial charge is 0.193 e. The molecule has 1 aromatic carbocycles. The second-order valence-corrected chi connectivity index (χ2v) is 5.54. The number of rotatable bonds is 5. The fourth-order valence-electron chi connectivity index (χ4n) is 2.87. The predicted octanol–water partition coefficient (Wildman–Crippen LogP) is 3.03. The largest absolute Gasteiger partial charge is 0.497 e. The van der Waals surface area contributed by atoms with Gasteiger partial charge in [0.15, 0.2) is 5.96 Å². The Hall–Kier alpha value is -1.97. The van der Waals surface area contributed by atoms with Crippen LogP contribution >= 0.6 is 0 Å². The highest BCUT2D eigenvalue weighted by Gasteiger charge is 2.25. The molecule has 1 unspecified atom stereocenters. The molecule has 0 saturated carbocycles. The maximum atomic E-state index is 5.23. The summed E-state index contributed by atoms with van der Waals surface area (Å²) < 4.78 is 5.23. The van der Waals surface area contributed by atoms with Gasteiger partial charge in [-0.3, -0.25) is 4.99 Å². The van der Waals surface area contributed by atoms with E-state index in [0.717, 1.165) is 37.8 Å². The van der Waals surface area contributed by atoms with Gasteiger partial charge in [-0.25, -0.2) is 0 Å². The van der Waals surface area contributed by atoms with Gasteiger partial charge in [0.25, 0.3) is 0 Å². The summed E-state index contributed by atoms with van der Waals surface area (Å²) in [6, 6.07) is 8.44. The molecule has 120 valence electrons. The first-order valence-electron chi connectivity index (χ1n) is 7.99. The van der Waals surface area contributed by atoms with Crippen LogP contribution in [0.3, 0.4) is 0 Å². The van der Waals surface area contributed by atoms with Gasteiger partial charge in [-0.2, -0.15) is 0 Å². The molecule has 1 aliphatic rings. The highest BCUT2D eigenvalue weighted by molar-refractivity contribution is 5.80. The van der Waals surface area contributed by atoms with Crippen molar-refractivity contribution in [2.45, 2.75) is 25.7 Å². The van der Waals surface area contributed by atoms with Crippen molar-refractivity contribution in [3.05, 3.63) is 42.0 Å². The minimum absolute atomic E-state index is 0.569. The highest BCUT2D eigenvalue weighted by Crippen LogP contribution is 2.28. The summed E-state index contributed by atoms with van der Waals surface area (Å²) >= 11 is 0. The van der Waals surface area contributed by atoms with Crippen molar-refractivity contribution in [1.82, 2.24) is 10.2 Å². The summed E-state index contributed by atoms with van der Waals surface area (Å²) in [4.78, 5) is 6.76. The zero-order valence-corrected chi connectivity index (χ0v) is 13.9. The molecule has 1 aromatic rings. The first-order valence-corrected chi connectivity index (χ1v) is 7.99. The van der Waals surface area contributed by atoms with E-state index in [1.807, 2.05) is 19.2 Å². The fraction of sp³-hybridized carbons (Fsp3) is 0.500. The first-order chi connectivity index (χ1) is 10.8. The SMILES string of the molecule is C/C=C/CCNC(=NC)N1CCC(c2ccc(OC)cc2)C1. The molecular weight excluding hydrogens is 274 g/mol. The minimum atomic E-state index is 0.569. The molecule has 1 aliphatic heterocycles. The molecule has 1 atom stereocenters. The molecule has 2 rings (SSSR count). The van der Waals surface area contributed by atoms with Crippen molar-refractivity contribution >= 4 is 5.96 Å². The summed E-state index contributed by atoms with van der Waals surface area (Å²) in [5.41, 5.74) is 1.38. The van der Waals surface area contributed by atoms with Crippen LogP contribution in [0.1, 0.15) is 31.2 Å². The van der Waals surface area contributed by atoms with E-state index in [1.165, 1.54) is 12.0 Å². The molecular formula is C18H27N3O. The van der Waals surface area contributed by atoms with Crippen molar-refractivity contribution in [3.63, 3.8) is 0 Å². The van der Waals surface area contributed by atoms with Gasteiger partial charge >= 0.3 is 0 Å². The molecule has 0 amide bonds. The molecule has 1 fully saturated rings. The second-order valence-electron chi connectivity index (χ2n) is 5.54. The average Bonchev–Trinajstić information content (AvgIpc) is 3.05. The quantitative estimate of drug-likeness (QED) is 0.393. The highest BCUT2D eigenvalue weighted by atomic mass is 16.5. The summed E-state index contributed by atoms with van der Waals surface area (Å²) in [6.45, 7) is 5.06. The van der Waals surface area contributed by atoms with E-state index >= 15 is 0 Å². The van der Waals surface area contributed by atoms with E-state index < -0.39 is 0 Å². The number of likely N-dealkylation sites (tertiary alicyclic amines) is 1. The van der Waals surface area contributed by atoms with Crippen LogP contribution in [-0.4, -0.2) is 44.7 Å². The molecule has 1 saturated heterocycles. The Labute approximate surface area is 133 Å². The lowest BCUT2D eigenvalue weighted by atomic mass is 9.98. The topological polar surface area (TPSA) is 36.9 Å². The molecule has 0 radical (unpaired) electrons. The molecule has 0 bridgehead atoms. The number of hydrogen-bond donors (Lipinski definition) is 1. The number of nitrogens with one attached hydrogen (secondary N) is 1. The molecule has 0 spiro atoms. The van der Waals surface area contributed by atoms with Gasteiger partial charge < -0.3 is 15.0 Å². The number of allylic oxidation sites excluding steroid dienone is 1. The number of guanidine groups is 1. The number of ether oxygens (including phenoxy) is 1. The molecule has 4 heteroatoms. The van der Waals surface area contributed by atoms with Gasteiger partial charge in [0, 0.05) is 32.6 Å². The van der Waals surface area contributed by atoms with Gasteiger partial charge in [0.2, 0.25) is 0 Å². The van der Waals surface area contributed by atoms with Crippen LogP contribution in [0.5, 0.6) is 5.75 Å². The van der Waals surface area contributed by atoms with E-state index in [-0.39, 0.29) is 0 Å². The third-order valence-corrected chi connectivity index (χ3v) is 4.12. The first kappa shape index (κ1) is 16.4. The summed E-state index contributed by atoms with van der Waals surface area (Å²) in [5.74, 6) is 2.50. The Morgan fingerprint density at radius 3 is 2.82 bits per heavy atom. The van der Waals surface area contributed by atoms with Gasteiger partial charge in [-0.05, 0) is 37.5 Å². The van der Waals surface area contributed by atoms with Crippen LogP contribution < -0.4 is 10.1 Å². The number of benzene rings is 1. The minimum Gasteiger partial charge on any atom is -0.497 e. The van der Waals surface area contributed by atoms with Gasteiger partial charge in [-0.15, -0.1) is 0 Å². The van der Waals surface area contributed by atoms with Crippen molar-refractivity contribution in [1.29, 1.82) is 0 Å². The number of aliphatic imine (C=N–C) groups is 1. The maximum Gasteiger partial charge on any atom is 0.193 e. The van der Waals surface area contributed by atoms with Crippen molar-refractivity contribution in [3.8, 4) is 5.75 Å². The number of methoxy groups -OCH3 is 1. The normalized spacial score (nSPS) is 19.0. The van der Waals surface area contributed by atoms with E-state index in [0.29, 0.717) is 5.92 Å². The Kier molecular flexibility index (Phi) is 6.31. The molecule has 1 N–H and O–H groups in total. The number of nitrogens with zero attached hydrogens (tertiary/aromatic N) is 2. The monoisotopic (exact) mass is 301 g/mol. The van der Waals surface area contributed by atoms with Gasteiger partial charge in [0.05, 0.1) is 7.11 Å². The zero-order chi connectivity index (χ0) is 15.8. The Balaban J connectivity index is 1.89. The van der Waals surface area contributed by atoms with Gasteiger partial charge in [0.1, 0.15) is 5.75 Å².